The Morgan fingerprint density at radius 1 is 1.03 bits per heavy atom. The van der Waals surface area contributed by atoms with Gasteiger partial charge in [0.15, 0.2) is 5.82 Å². The predicted octanol–water partition coefficient (Wildman–Crippen LogP) is 3.02. The van der Waals surface area contributed by atoms with Crippen LogP contribution in [0.4, 0.5) is 10.2 Å². The van der Waals surface area contributed by atoms with Gasteiger partial charge in [-0.3, -0.25) is 14.5 Å². The first-order valence-electron chi connectivity index (χ1n) is 9.68. The Morgan fingerprint density at radius 3 is 2.38 bits per heavy atom. The van der Waals surface area contributed by atoms with Crippen molar-refractivity contribution in [2.45, 2.75) is 19.9 Å². The van der Waals surface area contributed by atoms with Crippen LogP contribution in [0.1, 0.15) is 30.2 Å². The van der Waals surface area contributed by atoms with E-state index in [1.807, 2.05) is 18.7 Å². The van der Waals surface area contributed by atoms with E-state index >= 15 is 0 Å². The lowest BCUT2D eigenvalue weighted by Gasteiger charge is -2.35. The zero-order chi connectivity index (χ0) is 20.4. The van der Waals surface area contributed by atoms with Crippen LogP contribution in [0.15, 0.2) is 49.1 Å². The molecular weight excluding hydrogens is 371 g/mol. The highest BCUT2D eigenvalue weighted by atomic mass is 19.1. The molecule has 0 aliphatic carbocycles. The Morgan fingerprint density at radius 2 is 1.72 bits per heavy atom. The standard InChI is InChI=1S/C21H23FN6O/c1-15(2)28-14-17(13-25-28)21(29)27-11-9-26(10-12-27)20-19(23-7-8-24-20)16-3-5-18(22)6-4-16/h3-8,13-15H,9-12H2,1-2H3. The van der Waals surface area contributed by atoms with E-state index in [4.69, 9.17) is 0 Å². The van der Waals surface area contributed by atoms with E-state index in [1.165, 1.54) is 12.1 Å². The van der Waals surface area contributed by atoms with Crippen molar-refractivity contribution in [3.63, 3.8) is 0 Å². The summed E-state index contributed by atoms with van der Waals surface area (Å²) in [4.78, 5) is 25.7. The Bertz CT molecular complexity index is 992. The molecule has 8 heteroatoms. The average molecular weight is 394 g/mol. The summed E-state index contributed by atoms with van der Waals surface area (Å²) in [6.07, 6.45) is 6.72. The second kappa shape index (κ2) is 7.98. The van der Waals surface area contributed by atoms with Crippen LogP contribution in [0.2, 0.25) is 0 Å². The monoisotopic (exact) mass is 394 g/mol. The van der Waals surface area contributed by atoms with Crippen molar-refractivity contribution >= 4 is 11.7 Å². The number of piperazine rings is 1. The van der Waals surface area contributed by atoms with E-state index in [9.17, 15) is 9.18 Å². The Kier molecular flexibility index (Phi) is 5.24. The number of amides is 1. The van der Waals surface area contributed by atoms with Crippen LogP contribution < -0.4 is 4.90 Å². The number of nitrogens with zero attached hydrogens (tertiary/aromatic N) is 6. The molecule has 0 atom stereocenters. The predicted molar refractivity (Wildman–Crippen MR) is 108 cm³/mol. The third kappa shape index (κ3) is 3.96. The van der Waals surface area contributed by atoms with Crippen molar-refractivity contribution in [1.29, 1.82) is 0 Å². The van der Waals surface area contributed by atoms with Crippen LogP contribution in [0.3, 0.4) is 0 Å². The van der Waals surface area contributed by atoms with Gasteiger partial charge in [-0.15, -0.1) is 0 Å². The lowest BCUT2D eigenvalue weighted by molar-refractivity contribution is 0.0746. The summed E-state index contributed by atoms with van der Waals surface area (Å²) in [6.45, 7) is 6.53. The molecule has 7 nitrogen and oxygen atoms in total. The topological polar surface area (TPSA) is 67.2 Å². The number of benzene rings is 1. The zero-order valence-corrected chi connectivity index (χ0v) is 16.5. The van der Waals surface area contributed by atoms with Gasteiger partial charge in [-0.05, 0) is 38.1 Å². The second-order valence-corrected chi connectivity index (χ2v) is 7.32. The van der Waals surface area contributed by atoms with Crippen LogP contribution in [0, 0.1) is 5.82 Å². The normalized spacial score (nSPS) is 14.5. The average Bonchev–Trinajstić information content (AvgIpc) is 3.25. The second-order valence-electron chi connectivity index (χ2n) is 7.32. The number of anilines is 1. The molecule has 0 saturated carbocycles. The van der Waals surface area contributed by atoms with Gasteiger partial charge in [-0.2, -0.15) is 5.10 Å². The Balaban J connectivity index is 1.47. The molecule has 0 unspecified atom stereocenters. The molecule has 1 aromatic carbocycles. The molecule has 0 bridgehead atoms. The number of rotatable bonds is 4. The van der Waals surface area contributed by atoms with Gasteiger partial charge in [0.1, 0.15) is 11.5 Å². The van der Waals surface area contributed by atoms with Gasteiger partial charge in [-0.1, -0.05) is 0 Å². The lowest BCUT2D eigenvalue weighted by atomic mass is 10.1. The largest absolute Gasteiger partial charge is 0.351 e. The molecule has 0 spiro atoms. The molecule has 0 radical (unpaired) electrons. The van der Waals surface area contributed by atoms with Crippen molar-refractivity contribution in [3.8, 4) is 11.3 Å². The molecule has 3 aromatic rings. The highest BCUT2D eigenvalue weighted by Crippen LogP contribution is 2.27. The lowest BCUT2D eigenvalue weighted by Crippen LogP contribution is -2.49. The maximum absolute atomic E-state index is 13.3. The minimum absolute atomic E-state index is 0.00514. The van der Waals surface area contributed by atoms with E-state index in [1.54, 1.807) is 41.6 Å². The number of hydrogen-bond acceptors (Lipinski definition) is 5. The van der Waals surface area contributed by atoms with Gasteiger partial charge in [0, 0.05) is 56.4 Å². The van der Waals surface area contributed by atoms with E-state index in [-0.39, 0.29) is 17.8 Å². The van der Waals surface area contributed by atoms with Crippen LogP contribution in [-0.4, -0.2) is 56.7 Å². The summed E-state index contributed by atoms with van der Waals surface area (Å²) in [5, 5.41) is 4.26. The number of halogens is 1. The van der Waals surface area contributed by atoms with Crippen molar-refractivity contribution < 1.29 is 9.18 Å². The minimum atomic E-state index is -0.285. The maximum Gasteiger partial charge on any atom is 0.257 e. The SMILES string of the molecule is CC(C)n1cc(C(=O)N2CCN(c3nccnc3-c3ccc(F)cc3)CC2)cn1. The smallest absolute Gasteiger partial charge is 0.257 e. The summed E-state index contributed by atoms with van der Waals surface area (Å²) >= 11 is 0. The number of carbonyl (C=O) groups excluding carboxylic acids is 1. The van der Waals surface area contributed by atoms with Crippen molar-refractivity contribution in [3.05, 3.63) is 60.4 Å². The third-order valence-corrected chi connectivity index (χ3v) is 5.04. The molecule has 0 N–H and O–H groups in total. The highest BCUT2D eigenvalue weighted by Gasteiger charge is 2.25. The first kappa shape index (κ1) is 19.0. The molecule has 1 saturated heterocycles. The number of hydrogen-bond donors (Lipinski definition) is 0. The van der Waals surface area contributed by atoms with Gasteiger partial charge in [0.25, 0.3) is 5.91 Å². The zero-order valence-electron chi connectivity index (χ0n) is 16.5. The molecule has 1 fully saturated rings. The van der Waals surface area contributed by atoms with Gasteiger partial charge in [-0.25, -0.2) is 9.37 Å². The molecule has 1 amide bonds. The molecule has 1 aliphatic rings. The molecular formula is C21H23FN6O. The van der Waals surface area contributed by atoms with Gasteiger partial charge in [0.2, 0.25) is 0 Å². The summed E-state index contributed by atoms with van der Waals surface area (Å²) in [6, 6.07) is 6.46. The first-order chi connectivity index (χ1) is 14.0. The van der Waals surface area contributed by atoms with E-state index in [0.29, 0.717) is 37.4 Å². The highest BCUT2D eigenvalue weighted by molar-refractivity contribution is 5.94. The van der Waals surface area contributed by atoms with E-state index in [2.05, 4.69) is 20.0 Å². The van der Waals surface area contributed by atoms with Crippen LogP contribution >= 0.6 is 0 Å². The van der Waals surface area contributed by atoms with Crippen LogP contribution in [0.25, 0.3) is 11.3 Å². The summed E-state index contributed by atoms with van der Waals surface area (Å²) in [7, 11) is 0. The fourth-order valence-electron chi connectivity index (χ4n) is 3.41. The first-order valence-corrected chi connectivity index (χ1v) is 9.68. The summed E-state index contributed by atoms with van der Waals surface area (Å²) in [5.74, 6) is 0.459. The third-order valence-electron chi connectivity index (χ3n) is 5.04. The Labute approximate surface area is 168 Å². The van der Waals surface area contributed by atoms with Crippen LogP contribution in [-0.2, 0) is 0 Å². The number of carbonyl (C=O) groups is 1. The molecule has 1 aliphatic heterocycles. The summed E-state index contributed by atoms with van der Waals surface area (Å²) in [5.41, 5.74) is 2.14. The fraction of sp³-hybridized carbons (Fsp3) is 0.333. The van der Waals surface area contributed by atoms with Crippen molar-refractivity contribution in [1.82, 2.24) is 24.6 Å². The van der Waals surface area contributed by atoms with Gasteiger partial charge >= 0.3 is 0 Å². The minimum Gasteiger partial charge on any atom is -0.351 e. The maximum atomic E-state index is 13.3. The Hall–Kier alpha value is -3.29. The fourth-order valence-corrected chi connectivity index (χ4v) is 3.41. The van der Waals surface area contributed by atoms with Crippen LogP contribution in [0.5, 0.6) is 0 Å². The van der Waals surface area contributed by atoms with Gasteiger partial charge in [0.05, 0.1) is 11.8 Å². The molecule has 29 heavy (non-hydrogen) atoms. The van der Waals surface area contributed by atoms with Crippen molar-refractivity contribution in [2.75, 3.05) is 31.1 Å². The number of aromatic nitrogens is 4. The quantitative estimate of drug-likeness (QED) is 0.681. The van der Waals surface area contributed by atoms with Crippen molar-refractivity contribution in [2.24, 2.45) is 0 Å². The van der Waals surface area contributed by atoms with E-state index in [0.717, 1.165) is 11.4 Å². The molecule has 2 aromatic heterocycles. The molecule has 4 rings (SSSR count). The molecule has 3 heterocycles. The van der Waals surface area contributed by atoms with E-state index < -0.39 is 0 Å². The molecule has 150 valence electrons. The summed E-state index contributed by atoms with van der Waals surface area (Å²) < 4.78 is 15.1. The van der Waals surface area contributed by atoms with Gasteiger partial charge < -0.3 is 9.80 Å².